The van der Waals surface area contributed by atoms with Gasteiger partial charge in [-0.15, -0.1) is 0 Å². The number of methoxy groups -OCH3 is 1. The molecule has 1 aromatic carbocycles. The number of hydrogen-bond acceptors (Lipinski definition) is 7. The van der Waals surface area contributed by atoms with Crippen molar-refractivity contribution in [2.45, 2.75) is 115 Å². The number of nitrogens with zero attached hydrogens (tertiary/aromatic N) is 4. The van der Waals surface area contributed by atoms with E-state index in [1.54, 1.807) is 29.1 Å². The van der Waals surface area contributed by atoms with Gasteiger partial charge in [-0.2, -0.15) is 26.3 Å². The minimum absolute atomic E-state index is 0.114. The molecule has 1 aliphatic heterocycles. The molecule has 14 heteroatoms. The highest BCUT2D eigenvalue weighted by Gasteiger charge is 2.42. The number of amides is 1. The zero-order chi connectivity index (χ0) is 33.8. The van der Waals surface area contributed by atoms with Crippen LogP contribution < -0.4 is 4.90 Å². The molecule has 1 amide bonds. The SMILES string of the molecule is CC[C@@H]1CC(N(Cc2cc(C(F)(F)F)cc(C(F)(F)F)c2)c2ncc(C)cn2)C[C@H](CC)N1C(=O)OC1CCC(C(=O)OC)CC1. The van der Waals surface area contributed by atoms with Gasteiger partial charge in [-0.05, 0) is 87.6 Å². The molecule has 1 saturated carbocycles. The van der Waals surface area contributed by atoms with Crippen molar-refractivity contribution in [2.24, 2.45) is 5.92 Å². The summed E-state index contributed by atoms with van der Waals surface area (Å²) in [5.74, 6) is -0.322. The van der Waals surface area contributed by atoms with Crippen LogP contribution in [0.15, 0.2) is 30.6 Å². The fourth-order valence-corrected chi connectivity index (χ4v) is 6.52. The van der Waals surface area contributed by atoms with E-state index in [2.05, 4.69) is 9.97 Å². The summed E-state index contributed by atoms with van der Waals surface area (Å²) in [4.78, 5) is 37.6. The van der Waals surface area contributed by atoms with Gasteiger partial charge in [-0.1, -0.05) is 13.8 Å². The monoisotopic (exact) mass is 658 g/mol. The zero-order valence-corrected chi connectivity index (χ0v) is 26.3. The lowest BCUT2D eigenvalue weighted by atomic mass is 9.87. The van der Waals surface area contributed by atoms with E-state index >= 15 is 0 Å². The maximum atomic E-state index is 13.7. The van der Waals surface area contributed by atoms with Gasteiger partial charge in [0.05, 0.1) is 24.2 Å². The minimum Gasteiger partial charge on any atom is -0.469 e. The first-order chi connectivity index (χ1) is 21.6. The van der Waals surface area contributed by atoms with Crippen molar-refractivity contribution in [3.05, 3.63) is 52.8 Å². The predicted octanol–water partition coefficient (Wildman–Crippen LogP) is 7.72. The van der Waals surface area contributed by atoms with Crippen LogP contribution in [0.25, 0.3) is 0 Å². The third kappa shape index (κ3) is 8.41. The van der Waals surface area contributed by atoms with Crippen molar-refractivity contribution in [1.82, 2.24) is 14.9 Å². The molecule has 0 N–H and O–H groups in total. The summed E-state index contributed by atoms with van der Waals surface area (Å²) >= 11 is 0. The average Bonchev–Trinajstić information content (AvgIpc) is 3.02. The van der Waals surface area contributed by atoms with Crippen LogP contribution in [0.5, 0.6) is 0 Å². The highest BCUT2D eigenvalue weighted by atomic mass is 19.4. The molecule has 1 aromatic heterocycles. The van der Waals surface area contributed by atoms with E-state index in [1.165, 1.54) is 7.11 Å². The number of alkyl halides is 6. The van der Waals surface area contributed by atoms with E-state index in [1.807, 2.05) is 13.8 Å². The number of carbonyl (C=O) groups excluding carboxylic acids is 2. The van der Waals surface area contributed by atoms with E-state index in [0.29, 0.717) is 51.4 Å². The third-order valence-electron chi connectivity index (χ3n) is 8.97. The predicted molar refractivity (Wildman–Crippen MR) is 157 cm³/mol. The standard InChI is InChI=1S/C32H40F6N4O4/c1-5-24-14-26(15-25(6-2)42(24)30(44)46-27-9-7-21(8-10-27)28(43)45-4)41(29-39-16-19(3)17-40-29)18-20-11-22(31(33,34)35)13-23(12-20)32(36,37)38/h11-13,16-17,21,24-27H,5-10,14-15,18H2,1-4H3/t21?,24-,25+,26?,27?. The molecule has 2 aliphatic rings. The molecule has 1 aliphatic carbocycles. The van der Waals surface area contributed by atoms with Crippen LogP contribution in [0.2, 0.25) is 0 Å². The van der Waals surface area contributed by atoms with E-state index in [-0.39, 0.29) is 54.2 Å². The Balaban J connectivity index is 1.60. The second-order valence-corrected chi connectivity index (χ2v) is 12.1. The maximum absolute atomic E-state index is 13.7. The number of carbonyl (C=O) groups is 2. The smallest absolute Gasteiger partial charge is 0.416 e. The first-order valence-electron chi connectivity index (χ1n) is 15.5. The Labute approximate surface area is 264 Å². The minimum atomic E-state index is -4.98. The molecular formula is C32H40F6N4O4. The first kappa shape index (κ1) is 35.3. The van der Waals surface area contributed by atoms with Gasteiger partial charge in [0.15, 0.2) is 0 Å². The molecule has 3 atom stereocenters. The molecule has 2 heterocycles. The Bertz CT molecular complexity index is 1300. The van der Waals surface area contributed by atoms with Crippen LogP contribution in [0.3, 0.4) is 0 Å². The lowest BCUT2D eigenvalue weighted by molar-refractivity contribution is -0.147. The number of hydrogen-bond donors (Lipinski definition) is 0. The summed E-state index contributed by atoms with van der Waals surface area (Å²) in [6.45, 7) is 5.29. The lowest BCUT2D eigenvalue weighted by Gasteiger charge is -2.47. The van der Waals surface area contributed by atoms with E-state index in [4.69, 9.17) is 9.47 Å². The summed E-state index contributed by atoms with van der Waals surface area (Å²) in [6.07, 6.45) is -3.68. The third-order valence-corrected chi connectivity index (χ3v) is 8.97. The van der Waals surface area contributed by atoms with E-state index in [0.717, 1.165) is 17.7 Å². The molecule has 8 nitrogen and oxygen atoms in total. The molecule has 2 fully saturated rings. The summed E-state index contributed by atoms with van der Waals surface area (Å²) in [5, 5.41) is 0. The molecule has 1 saturated heterocycles. The molecule has 0 radical (unpaired) electrons. The van der Waals surface area contributed by atoms with Crippen LogP contribution in [-0.4, -0.2) is 58.3 Å². The van der Waals surface area contributed by atoms with Crippen LogP contribution in [0.1, 0.15) is 87.5 Å². The molecule has 0 spiro atoms. The number of aromatic nitrogens is 2. The van der Waals surface area contributed by atoms with Crippen molar-refractivity contribution in [3.8, 4) is 0 Å². The van der Waals surface area contributed by atoms with Crippen LogP contribution in [0.4, 0.5) is 37.1 Å². The van der Waals surface area contributed by atoms with Crippen molar-refractivity contribution >= 4 is 18.0 Å². The Hall–Kier alpha value is -3.58. The van der Waals surface area contributed by atoms with Gasteiger partial charge in [-0.3, -0.25) is 4.79 Å². The van der Waals surface area contributed by atoms with Gasteiger partial charge < -0.3 is 19.3 Å². The highest BCUT2D eigenvalue weighted by Crippen LogP contribution is 2.38. The number of aryl methyl sites for hydroxylation is 1. The highest BCUT2D eigenvalue weighted by molar-refractivity contribution is 5.72. The summed E-state index contributed by atoms with van der Waals surface area (Å²) in [7, 11) is 1.35. The second kappa shape index (κ2) is 14.5. The average molecular weight is 659 g/mol. The number of likely N-dealkylation sites (tertiary alicyclic amines) is 1. The summed E-state index contributed by atoms with van der Waals surface area (Å²) in [5.41, 5.74) is -2.23. The van der Waals surface area contributed by atoms with Crippen molar-refractivity contribution in [3.63, 3.8) is 0 Å². The number of anilines is 1. The largest absolute Gasteiger partial charge is 0.469 e. The van der Waals surface area contributed by atoms with E-state index in [9.17, 15) is 35.9 Å². The van der Waals surface area contributed by atoms with Gasteiger partial charge in [0.1, 0.15) is 6.10 Å². The number of rotatable bonds is 8. The lowest BCUT2D eigenvalue weighted by Crippen LogP contribution is -2.57. The van der Waals surface area contributed by atoms with E-state index < -0.39 is 35.6 Å². The van der Waals surface area contributed by atoms with Crippen LogP contribution in [0, 0.1) is 12.8 Å². The fraction of sp³-hybridized carbons (Fsp3) is 0.625. The molecular weight excluding hydrogens is 618 g/mol. The Morgan fingerprint density at radius 1 is 0.891 bits per heavy atom. The summed E-state index contributed by atoms with van der Waals surface area (Å²) < 4.78 is 92.8. The maximum Gasteiger partial charge on any atom is 0.416 e. The zero-order valence-electron chi connectivity index (χ0n) is 26.3. The molecule has 1 unspecified atom stereocenters. The van der Waals surface area contributed by atoms with Gasteiger partial charge in [0.25, 0.3) is 0 Å². The van der Waals surface area contributed by atoms with Crippen LogP contribution in [-0.2, 0) is 33.2 Å². The Kier molecular flexibility index (Phi) is 11.1. The number of esters is 1. The molecule has 0 bridgehead atoms. The summed E-state index contributed by atoms with van der Waals surface area (Å²) in [6, 6.07) is 0.535. The fourth-order valence-electron chi connectivity index (χ4n) is 6.52. The molecule has 4 rings (SSSR count). The first-order valence-corrected chi connectivity index (χ1v) is 15.5. The van der Waals surface area contributed by atoms with Crippen molar-refractivity contribution in [1.29, 1.82) is 0 Å². The number of ether oxygens (including phenoxy) is 2. The number of benzene rings is 1. The quantitative estimate of drug-likeness (QED) is 0.212. The van der Waals surface area contributed by atoms with Crippen molar-refractivity contribution < 1.29 is 45.4 Å². The van der Waals surface area contributed by atoms with Gasteiger partial charge in [0.2, 0.25) is 5.95 Å². The van der Waals surface area contributed by atoms with Crippen LogP contribution >= 0.6 is 0 Å². The molecule has 254 valence electrons. The Morgan fingerprint density at radius 3 is 1.87 bits per heavy atom. The Morgan fingerprint density at radius 2 is 1.41 bits per heavy atom. The number of halogens is 6. The van der Waals surface area contributed by atoms with Gasteiger partial charge in [-0.25, -0.2) is 14.8 Å². The molecule has 46 heavy (non-hydrogen) atoms. The van der Waals surface area contributed by atoms with Crippen molar-refractivity contribution in [2.75, 3.05) is 12.0 Å². The normalized spacial score (nSPS) is 24.0. The second-order valence-electron chi connectivity index (χ2n) is 12.1. The van der Waals surface area contributed by atoms with Gasteiger partial charge in [0, 0.05) is 37.1 Å². The topological polar surface area (TPSA) is 84.9 Å². The van der Waals surface area contributed by atoms with Gasteiger partial charge >= 0.3 is 24.4 Å². The number of piperidine rings is 1. The molecule has 2 aromatic rings.